The van der Waals surface area contributed by atoms with Gasteiger partial charge in [-0.25, -0.2) is 4.79 Å². The molecule has 3 aliphatic rings. The Morgan fingerprint density at radius 1 is 1.42 bits per heavy atom. The molecule has 0 saturated carbocycles. The molecule has 19 heavy (non-hydrogen) atoms. The number of fused-ring (bicyclic) bond motifs is 2. The average Bonchev–Trinajstić information content (AvgIpc) is 2.87. The highest BCUT2D eigenvalue weighted by atomic mass is 16.6. The van der Waals surface area contributed by atoms with Crippen LogP contribution in [0.4, 0.5) is 4.79 Å². The molecule has 0 aromatic heterocycles. The number of carbonyl (C=O) groups is 1. The number of hydrogen-bond donors (Lipinski definition) is 1. The van der Waals surface area contributed by atoms with Gasteiger partial charge in [-0.15, -0.1) is 0 Å². The molecule has 3 rings (SSSR count). The molecule has 0 aromatic rings. The third-order valence-corrected chi connectivity index (χ3v) is 4.15. The number of nitrogens with one attached hydrogen (secondary N) is 1. The molecule has 0 bridgehead atoms. The van der Waals surface area contributed by atoms with E-state index in [9.17, 15) is 4.79 Å². The van der Waals surface area contributed by atoms with E-state index in [1.807, 2.05) is 12.2 Å². The number of carbonyl (C=O) groups excluding carboxylic acids is 1. The van der Waals surface area contributed by atoms with E-state index in [0.29, 0.717) is 6.04 Å². The van der Waals surface area contributed by atoms with Crippen molar-refractivity contribution in [1.29, 1.82) is 0 Å². The number of ether oxygens (including phenoxy) is 1. The summed E-state index contributed by atoms with van der Waals surface area (Å²) in [4.78, 5) is 13.2. The Morgan fingerprint density at radius 3 is 3.05 bits per heavy atom. The third kappa shape index (κ3) is 2.21. The van der Waals surface area contributed by atoms with Crippen LogP contribution in [0.25, 0.3) is 0 Å². The molecule has 4 heteroatoms. The second kappa shape index (κ2) is 4.85. The Morgan fingerprint density at radius 2 is 2.26 bits per heavy atom. The maximum absolute atomic E-state index is 11.7. The lowest BCUT2D eigenvalue weighted by Crippen LogP contribution is -2.31. The molecule has 0 spiro atoms. The number of allylic oxidation sites excluding steroid dienone is 4. The van der Waals surface area contributed by atoms with Crippen LogP contribution in [-0.4, -0.2) is 37.7 Å². The second-order valence-electron chi connectivity index (χ2n) is 5.56. The largest absolute Gasteiger partial charge is 0.414 e. The first kappa shape index (κ1) is 12.5. The molecule has 1 fully saturated rings. The zero-order chi connectivity index (χ0) is 13.4. The van der Waals surface area contributed by atoms with E-state index >= 15 is 0 Å². The van der Waals surface area contributed by atoms with Gasteiger partial charge in [-0.1, -0.05) is 12.2 Å². The summed E-state index contributed by atoms with van der Waals surface area (Å²) in [5, 5.41) is 3.54. The van der Waals surface area contributed by atoms with Crippen molar-refractivity contribution < 1.29 is 9.53 Å². The summed E-state index contributed by atoms with van der Waals surface area (Å²) < 4.78 is 5.51. The van der Waals surface area contributed by atoms with E-state index in [-0.39, 0.29) is 12.0 Å². The van der Waals surface area contributed by atoms with Crippen LogP contribution in [-0.2, 0) is 4.74 Å². The van der Waals surface area contributed by atoms with Gasteiger partial charge in [-0.2, -0.15) is 0 Å². The van der Waals surface area contributed by atoms with E-state index in [1.54, 1.807) is 14.1 Å². The molecule has 1 saturated heterocycles. The SMILES string of the molecule is CN(C)C(=O)OC1=CC=CC2=C3CCNC3CCC12. The maximum atomic E-state index is 11.7. The van der Waals surface area contributed by atoms with Gasteiger partial charge in [0.15, 0.2) is 0 Å². The van der Waals surface area contributed by atoms with Gasteiger partial charge in [0.05, 0.1) is 0 Å². The van der Waals surface area contributed by atoms with Crippen LogP contribution < -0.4 is 5.32 Å². The molecule has 2 unspecified atom stereocenters. The van der Waals surface area contributed by atoms with Crippen molar-refractivity contribution >= 4 is 6.09 Å². The van der Waals surface area contributed by atoms with E-state index < -0.39 is 0 Å². The predicted octanol–water partition coefficient (Wildman–Crippen LogP) is 2.21. The highest BCUT2D eigenvalue weighted by Crippen LogP contribution is 2.41. The standard InChI is InChI=1S/C15H20N2O2/c1-17(2)15(18)19-14-5-3-4-10-11-8-9-16-13(11)7-6-12(10)14/h3-5,12-13,16H,6-9H2,1-2H3. The van der Waals surface area contributed by atoms with Gasteiger partial charge >= 0.3 is 6.09 Å². The summed E-state index contributed by atoms with van der Waals surface area (Å²) in [5.74, 6) is 1.06. The Kier molecular flexibility index (Phi) is 3.19. The Hall–Kier alpha value is -1.55. The minimum atomic E-state index is -0.294. The summed E-state index contributed by atoms with van der Waals surface area (Å²) in [6.07, 6.45) is 9.12. The zero-order valence-corrected chi connectivity index (χ0v) is 11.5. The molecule has 2 atom stereocenters. The first-order valence-electron chi connectivity index (χ1n) is 6.90. The number of rotatable bonds is 1. The van der Waals surface area contributed by atoms with Gasteiger partial charge in [0.1, 0.15) is 5.76 Å². The van der Waals surface area contributed by atoms with Crippen LogP contribution in [0.3, 0.4) is 0 Å². The molecule has 0 aromatic carbocycles. The molecule has 1 aliphatic heterocycles. The van der Waals surface area contributed by atoms with Crippen molar-refractivity contribution in [3.05, 3.63) is 35.1 Å². The highest BCUT2D eigenvalue weighted by molar-refractivity contribution is 5.68. The molecular weight excluding hydrogens is 240 g/mol. The molecule has 1 heterocycles. The summed E-state index contributed by atoms with van der Waals surface area (Å²) in [6, 6.07) is 0.541. The van der Waals surface area contributed by atoms with Gasteiger partial charge in [0, 0.05) is 26.1 Å². The molecule has 2 aliphatic carbocycles. The molecule has 1 amide bonds. The van der Waals surface area contributed by atoms with Crippen molar-refractivity contribution in [2.45, 2.75) is 25.3 Å². The summed E-state index contributed by atoms with van der Waals surface area (Å²) in [5.41, 5.74) is 2.88. The molecule has 0 radical (unpaired) electrons. The maximum Gasteiger partial charge on any atom is 0.414 e. The monoisotopic (exact) mass is 260 g/mol. The molecular formula is C15H20N2O2. The topological polar surface area (TPSA) is 41.6 Å². The summed E-state index contributed by atoms with van der Waals surface area (Å²) in [6.45, 7) is 1.07. The van der Waals surface area contributed by atoms with Crippen LogP contribution in [0.15, 0.2) is 35.1 Å². The van der Waals surface area contributed by atoms with Crippen molar-refractivity contribution in [3.8, 4) is 0 Å². The van der Waals surface area contributed by atoms with Gasteiger partial charge < -0.3 is 15.0 Å². The Labute approximate surface area is 113 Å². The first-order valence-corrected chi connectivity index (χ1v) is 6.90. The summed E-state index contributed by atoms with van der Waals surface area (Å²) in [7, 11) is 3.41. The van der Waals surface area contributed by atoms with Crippen LogP contribution in [0.5, 0.6) is 0 Å². The minimum Gasteiger partial charge on any atom is -0.414 e. The number of amides is 1. The van der Waals surface area contributed by atoms with Crippen LogP contribution >= 0.6 is 0 Å². The van der Waals surface area contributed by atoms with Crippen molar-refractivity contribution in [2.24, 2.45) is 5.92 Å². The van der Waals surface area contributed by atoms with Crippen LogP contribution in [0.2, 0.25) is 0 Å². The van der Waals surface area contributed by atoms with Gasteiger partial charge in [-0.05, 0) is 43.0 Å². The van der Waals surface area contributed by atoms with Crippen molar-refractivity contribution in [3.63, 3.8) is 0 Å². The third-order valence-electron chi connectivity index (χ3n) is 4.15. The van der Waals surface area contributed by atoms with Gasteiger partial charge in [0.2, 0.25) is 0 Å². The average molecular weight is 260 g/mol. The normalized spacial score (nSPS) is 28.6. The predicted molar refractivity (Wildman–Crippen MR) is 73.5 cm³/mol. The fraction of sp³-hybridized carbons (Fsp3) is 0.533. The minimum absolute atomic E-state index is 0.264. The molecule has 102 valence electrons. The highest BCUT2D eigenvalue weighted by Gasteiger charge is 2.35. The second-order valence-corrected chi connectivity index (χ2v) is 5.56. The van der Waals surface area contributed by atoms with E-state index in [4.69, 9.17) is 4.74 Å². The van der Waals surface area contributed by atoms with Crippen molar-refractivity contribution in [1.82, 2.24) is 10.2 Å². The first-order chi connectivity index (χ1) is 9.16. The van der Waals surface area contributed by atoms with E-state index in [1.165, 1.54) is 16.0 Å². The van der Waals surface area contributed by atoms with E-state index in [2.05, 4.69) is 11.4 Å². The Bertz CT molecular complexity index is 488. The lowest BCUT2D eigenvalue weighted by Gasteiger charge is -2.32. The number of hydrogen-bond acceptors (Lipinski definition) is 3. The van der Waals surface area contributed by atoms with Crippen LogP contribution in [0.1, 0.15) is 19.3 Å². The van der Waals surface area contributed by atoms with E-state index in [0.717, 1.165) is 31.6 Å². The van der Waals surface area contributed by atoms with Crippen molar-refractivity contribution in [2.75, 3.05) is 20.6 Å². The fourth-order valence-corrected chi connectivity index (χ4v) is 3.19. The smallest absolute Gasteiger partial charge is 0.414 e. The fourth-order valence-electron chi connectivity index (χ4n) is 3.19. The molecule has 1 N–H and O–H groups in total. The quantitative estimate of drug-likeness (QED) is 0.786. The summed E-state index contributed by atoms with van der Waals surface area (Å²) >= 11 is 0. The van der Waals surface area contributed by atoms with Gasteiger partial charge in [-0.3, -0.25) is 0 Å². The van der Waals surface area contributed by atoms with Gasteiger partial charge in [0.25, 0.3) is 0 Å². The van der Waals surface area contributed by atoms with Crippen LogP contribution in [0, 0.1) is 5.92 Å². The lowest BCUT2D eigenvalue weighted by molar-refractivity contribution is 0.137. The zero-order valence-electron chi connectivity index (χ0n) is 11.5. The lowest BCUT2D eigenvalue weighted by atomic mass is 9.77. The molecule has 4 nitrogen and oxygen atoms in total. The number of nitrogens with zero attached hydrogens (tertiary/aromatic N) is 1. The Balaban J connectivity index is 1.85.